The largest absolute Gasteiger partial charge is 0.507 e. The van der Waals surface area contributed by atoms with E-state index in [1.165, 1.54) is 33.3 Å². The van der Waals surface area contributed by atoms with Crippen molar-refractivity contribution < 1.29 is 53.1 Å². The third-order valence-corrected chi connectivity index (χ3v) is 10.4. The summed E-state index contributed by atoms with van der Waals surface area (Å²) in [5, 5.41) is 34.1. The molecule has 4 rings (SSSR count). The predicted octanol–water partition coefficient (Wildman–Crippen LogP) is 1.82. The van der Waals surface area contributed by atoms with Crippen molar-refractivity contribution in [3.8, 4) is 23.3 Å². The maximum atomic E-state index is 13.5. The van der Waals surface area contributed by atoms with Crippen molar-refractivity contribution in [3.05, 3.63) is 56.9 Å². The van der Waals surface area contributed by atoms with Crippen molar-refractivity contribution in [1.82, 2.24) is 25.0 Å². The first-order valence-corrected chi connectivity index (χ1v) is 19.6. The van der Waals surface area contributed by atoms with Gasteiger partial charge in [0.25, 0.3) is 11.8 Å². The number of thiazole rings is 1. The highest BCUT2D eigenvalue weighted by Crippen LogP contribution is 2.32. The molecule has 2 aromatic carbocycles. The minimum atomic E-state index is -0.929. The summed E-state index contributed by atoms with van der Waals surface area (Å²) in [5.74, 6) is -1.32. The van der Waals surface area contributed by atoms with Gasteiger partial charge in [0.15, 0.2) is 5.01 Å². The lowest BCUT2D eigenvalue weighted by Crippen LogP contribution is -2.43. The number of nitrogens with one attached hydrogen (secondary N) is 1. The number of likely N-dealkylation sites (N-methyl/N-ethyl adjacent to an activating group) is 1. The van der Waals surface area contributed by atoms with E-state index in [0.29, 0.717) is 21.3 Å². The van der Waals surface area contributed by atoms with Gasteiger partial charge in [0.2, 0.25) is 11.8 Å². The molecule has 59 heavy (non-hydrogen) atoms. The Labute approximate surface area is 345 Å². The number of rotatable bonds is 22. The van der Waals surface area contributed by atoms with E-state index in [1.54, 1.807) is 46.0 Å². The molecule has 5 amide bonds. The molecular weight excluding hydrogens is 785 g/mol. The van der Waals surface area contributed by atoms with Gasteiger partial charge in [-0.25, -0.2) is 9.78 Å². The Morgan fingerprint density at radius 1 is 0.949 bits per heavy atom. The average Bonchev–Trinajstić information content (AvgIpc) is 3.76. The molecule has 0 saturated heterocycles. The molecular formula is C41H50N6O11S. The second-order valence-electron chi connectivity index (χ2n) is 14.2. The van der Waals surface area contributed by atoms with E-state index >= 15 is 0 Å². The first kappa shape index (κ1) is 45.8. The number of nitrogens with zero attached hydrogens (tertiary/aromatic N) is 5. The zero-order valence-electron chi connectivity index (χ0n) is 33.7. The molecule has 17 nitrogen and oxygen atoms in total. The van der Waals surface area contributed by atoms with Gasteiger partial charge in [-0.05, 0) is 19.1 Å². The van der Waals surface area contributed by atoms with Gasteiger partial charge in [-0.15, -0.1) is 11.3 Å². The summed E-state index contributed by atoms with van der Waals surface area (Å²) < 4.78 is 23.0. The maximum Gasteiger partial charge on any atom is 0.415 e. The molecule has 0 saturated carbocycles. The molecule has 1 aliphatic rings. The summed E-state index contributed by atoms with van der Waals surface area (Å²) in [4.78, 5) is 70.2. The first-order chi connectivity index (χ1) is 28.0. The van der Waals surface area contributed by atoms with E-state index in [-0.39, 0.29) is 130 Å². The van der Waals surface area contributed by atoms with Crippen molar-refractivity contribution >= 4 is 64.4 Å². The fraction of sp³-hybridized carbons (Fsp3) is 0.439. The number of hydrogen-bond donors (Lipinski definition) is 3. The Kier molecular flexibility index (Phi) is 16.5. The molecule has 3 aromatic rings. The van der Waals surface area contributed by atoms with Crippen LogP contribution >= 0.6 is 11.3 Å². The van der Waals surface area contributed by atoms with Gasteiger partial charge < -0.3 is 44.3 Å². The molecule has 0 aliphatic carbocycles. The van der Waals surface area contributed by atoms with E-state index in [1.807, 2.05) is 6.07 Å². The van der Waals surface area contributed by atoms with E-state index in [9.17, 15) is 39.4 Å². The highest BCUT2D eigenvalue weighted by atomic mass is 32.1. The predicted molar refractivity (Wildman–Crippen MR) is 218 cm³/mol. The summed E-state index contributed by atoms with van der Waals surface area (Å²) in [6.07, 6.45) is 1.75. The van der Waals surface area contributed by atoms with Gasteiger partial charge in [0, 0.05) is 97.8 Å². The zero-order valence-corrected chi connectivity index (χ0v) is 34.5. The number of aromatic nitrogens is 1. The molecule has 2 heterocycles. The van der Waals surface area contributed by atoms with Gasteiger partial charge in [-0.2, -0.15) is 5.26 Å². The Bertz CT molecular complexity index is 2200. The SMILES string of the molecule is C=c1c(C)c(O)c(=C)c(C(C)(C)CC(=O)N(C)CCN(CCOCCOCCOCCC(=O)NCCN2C(=O)C=CC2=O)C(=O)Oc2ccc3nc(C#N)sc3c2)c1O. The molecule has 316 valence electrons. The number of phenols is 2. The number of benzene rings is 2. The molecule has 18 heteroatoms. The topological polar surface area (TPSA) is 221 Å². The molecule has 0 fully saturated rings. The van der Waals surface area contributed by atoms with Crippen LogP contribution in [0.1, 0.15) is 42.8 Å². The number of phenolic OH excluding ortho intramolecular Hbond substituents is 2. The fourth-order valence-electron chi connectivity index (χ4n) is 6.09. The summed E-state index contributed by atoms with van der Waals surface area (Å²) in [5.41, 5.74) is 0.409. The van der Waals surface area contributed by atoms with E-state index in [4.69, 9.17) is 18.9 Å². The number of hydrogen-bond acceptors (Lipinski definition) is 14. The molecule has 0 atom stereocenters. The van der Waals surface area contributed by atoms with E-state index in [0.717, 1.165) is 4.90 Å². The lowest BCUT2D eigenvalue weighted by Gasteiger charge is -2.30. The molecule has 0 radical (unpaired) electrons. The van der Waals surface area contributed by atoms with Gasteiger partial charge in [0.1, 0.15) is 23.3 Å². The quantitative estimate of drug-likeness (QED) is 0.0748. The number of imide groups is 1. The van der Waals surface area contributed by atoms with Crippen molar-refractivity contribution in [3.63, 3.8) is 0 Å². The van der Waals surface area contributed by atoms with Gasteiger partial charge in [-0.3, -0.25) is 24.1 Å². The highest BCUT2D eigenvalue weighted by Gasteiger charge is 2.31. The van der Waals surface area contributed by atoms with Crippen LogP contribution < -0.4 is 20.5 Å². The Morgan fingerprint density at radius 2 is 1.59 bits per heavy atom. The highest BCUT2D eigenvalue weighted by molar-refractivity contribution is 7.19. The van der Waals surface area contributed by atoms with Crippen LogP contribution in [0.4, 0.5) is 4.79 Å². The van der Waals surface area contributed by atoms with Crippen LogP contribution in [0.3, 0.4) is 0 Å². The Balaban J connectivity index is 1.22. The van der Waals surface area contributed by atoms with Crippen LogP contribution in [-0.2, 0) is 38.8 Å². The number of fused-ring (bicyclic) bond motifs is 1. The van der Waals surface area contributed by atoms with Crippen molar-refractivity contribution in [1.29, 1.82) is 5.26 Å². The van der Waals surface area contributed by atoms with Crippen LogP contribution in [0.2, 0.25) is 0 Å². The van der Waals surface area contributed by atoms with E-state index in [2.05, 4.69) is 23.5 Å². The van der Waals surface area contributed by atoms with Crippen molar-refractivity contribution in [2.24, 2.45) is 0 Å². The molecule has 1 aromatic heterocycles. The van der Waals surface area contributed by atoms with Gasteiger partial charge in [0.05, 0.1) is 49.9 Å². The smallest absolute Gasteiger partial charge is 0.415 e. The molecule has 0 unspecified atom stereocenters. The third-order valence-electron chi connectivity index (χ3n) is 9.52. The zero-order chi connectivity index (χ0) is 43.3. The maximum absolute atomic E-state index is 13.5. The number of ether oxygens (including phenoxy) is 4. The summed E-state index contributed by atoms with van der Waals surface area (Å²) in [7, 11) is 1.60. The Morgan fingerprint density at radius 3 is 2.25 bits per heavy atom. The van der Waals surface area contributed by atoms with Crippen LogP contribution in [0, 0.1) is 18.3 Å². The standard InChI is InChI=1S/C41H50N6O11S/c1-26-27(2)39(53)37(28(3)38(26)52)41(4,5)24-36(51)45(6)14-15-46(40(54)58-29-7-8-30-31(23-29)59-33(25-42)44-30)16-18-56-20-22-57-21-19-55-17-11-32(48)43-12-13-47-34(49)9-10-35(47)50/h7-10,23,52-53H,2-3,11-22,24H2,1,4-6H3,(H,43,48). The monoisotopic (exact) mass is 834 g/mol. The minimum Gasteiger partial charge on any atom is -0.507 e. The van der Waals surface area contributed by atoms with Gasteiger partial charge in [-0.1, -0.05) is 27.0 Å². The lowest BCUT2D eigenvalue weighted by atomic mass is 9.78. The lowest BCUT2D eigenvalue weighted by molar-refractivity contribution is -0.137. The molecule has 1 aliphatic heterocycles. The van der Waals surface area contributed by atoms with Crippen molar-refractivity contribution in [2.45, 2.75) is 39.0 Å². The third kappa shape index (κ3) is 12.6. The van der Waals surface area contributed by atoms with Gasteiger partial charge >= 0.3 is 6.09 Å². The van der Waals surface area contributed by atoms with Crippen LogP contribution in [0.15, 0.2) is 30.4 Å². The molecule has 0 spiro atoms. The number of carbonyl (C=O) groups excluding carboxylic acids is 5. The van der Waals surface area contributed by atoms with Crippen LogP contribution in [0.25, 0.3) is 23.4 Å². The Hall–Kier alpha value is -5.87. The molecule has 0 bridgehead atoms. The number of amides is 5. The molecule has 3 N–H and O–H groups in total. The number of nitriles is 1. The summed E-state index contributed by atoms with van der Waals surface area (Å²) in [6.45, 7) is 14.8. The van der Waals surface area contributed by atoms with E-state index < -0.39 is 23.3 Å². The van der Waals surface area contributed by atoms with Crippen LogP contribution in [-0.4, -0.2) is 139 Å². The number of carbonyl (C=O) groups is 5. The summed E-state index contributed by atoms with van der Waals surface area (Å²) >= 11 is 1.17. The number of aromatic hydroxyl groups is 2. The minimum absolute atomic E-state index is 0.0413. The second-order valence-corrected chi connectivity index (χ2v) is 15.3. The fourth-order valence-corrected chi connectivity index (χ4v) is 6.88. The average molecular weight is 835 g/mol. The second kappa shape index (κ2) is 21.2. The van der Waals surface area contributed by atoms with Crippen molar-refractivity contribution in [2.75, 3.05) is 79.4 Å². The summed E-state index contributed by atoms with van der Waals surface area (Å²) in [6, 6.07) is 6.87. The first-order valence-electron chi connectivity index (χ1n) is 18.8. The normalized spacial score (nSPS) is 12.6. The van der Waals surface area contributed by atoms with Crippen LogP contribution in [0.5, 0.6) is 17.2 Å².